The largest absolute Gasteiger partial charge is 0.461 e. The molecule has 0 saturated heterocycles. The van der Waals surface area contributed by atoms with E-state index in [0.29, 0.717) is 22.3 Å². The molecule has 1 aromatic carbocycles. The van der Waals surface area contributed by atoms with Crippen molar-refractivity contribution in [3.63, 3.8) is 0 Å². The fourth-order valence-corrected chi connectivity index (χ4v) is 8.28. The van der Waals surface area contributed by atoms with Crippen molar-refractivity contribution in [2.45, 2.75) is 117 Å². The van der Waals surface area contributed by atoms with Crippen LogP contribution in [0.25, 0.3) is 0 Å². The van der Waals surface area contributed by atoms with Gasteiger partial charge in [0.25, 0.3) is 0 Å². The minimum absolute atomic E-state index is 0.143. The number of nitrogens with zero attached hydrogens (tertiary/aromatic N) is 1. The monoisotopic (exact) mass is 725 g/mol. The van der Waals surface area contributed by atoms with Gasteiger partial charge in [0, 0.05) is 40.0 Å². The molecule has 1 N–H and O–H groups in total. The quantitative estimate of drug-likeness (QED) is 0.221. The molecule has 3 aliphatic carbocycles. The number of aliphatic hydroxyl groups is 1. The summed E-state index contributed by atoms with van der Waals surface area (Å²) in [6.07, 6.45) is -5.82. The highest BCUT2D eigenvalue weighted by Crippen LogP contribution is 2.54. The van der Waals surface area contributed by atoms with Gasteiger partial charge in [0.15, 0.2) is 18.0 Å². The lowest BCUT2D eigenvalue weighted by Crippen LogP contribution is -2.57. The molecule has 13 nitrogen and oxygen atoms in total. The van der Waals surface area contributed by atoms with Crippen molar-refractivity contribution >= 4 is 35.6 Å². The number of benzene rings is 1. The lowest BCUT2D eigenvalue weighted by atomic mass is 9.57. The molecule has 0 heterocycles. The second-order valence-corrected chi connectivity index (χ2v) is 15.0. The smallest absolute Gasteiger partial charge is 0.337 e. The molecule has 0 aliphatic heterocycles. The molecule has 0 amide bonds. The molecule has 13 heteroatoms. The number of rotatable bonds is 9. The summed E-state index contributed by atoms with van der Waals surface area (Å²) < 4.78 is 29.4. The zero-order valence-electron chi connectivity index (χ0n) is 31.6. The maximum Gasteiger partial charge on any atom is 0.337 e. The summed E-state index contributed by atoms with van der Waals surface area (Å²) >= 11 is 0. The first-order valence-electron chi connectivity index (χ1n) is 17.4. The lowest BCUT2D eigenvalue weighted by Gasteiger charge is -2.51. The molecule has 1 fully saturated rings. The highest BCUT2D eigenvalue weighted by atomic mass is 16.6. The Morgan fingerprint density at radius 2 is 1.38 bits per heavy atom. The van der Waals surface area contributed by atoms with Crippen molar-refractivity contribution in [3.8, 4) is 0 Å². The number of Topliss-reactive ketones (excluding diaryl/α,β-unsaturated/α-hetero) is 1. The minimum Gasteiger partial charge on any atom is -0.461 e. The number of likely N-dealkylation sites (N-methyl/N-ethyl adjacent to an activating group) is 1. The summed E-state index contributed by atoms with van der Waals surface area (Å²) in [5, 5.41) is 11.4. The molecule has 284 valence electrons. The van der Waals surface area contributed by atoms with E-state index in [-0.39, 0.29) is 19.3 Å². The first kappa shape index (κ1) is 40.4. The van der Waals surface area contributed by atoms with Gasteiger partial charge >= 0.3 is 29.8 Å². The van der Waals surface area contributed by atoms with Crippen LogP contribution >= 0.6 is 0 Å². The van der Waals surface area contributed by atoms with E-state index in [2.05, 4.69) is 0 Å². The molecule has 9 atom stereocenters. The topological polar surface area (TPSA) is 172 Å². The Labute approximate surface area is 304 Å². The number of carbonyl (C=O) groups is 6. The Morgan fingerprint density at radius 3 is 1.92 bits per heavy atom. The van der Waals surface area contributed by atoms with Crippen LogP contribution in [0.15, 0.2) is 53.1 Å². The number of hydrogen-bond acceptors (Lipinski definition) is 13. The van der Waals surface area contributed by atoms with Gasteiger partial charge in [0.1, 0.15) is 24.4 Å². The van der Waals surface area contributed by atoms with Gasteiger partial charge in [-0.3, -0.25) is 28.9 Å². The Morgan fingerprint density at radius 1 is 0.808 bits per heavy atom. The van der Waals surface area contributed by atoms with Gasteiger partial charge in [-0.05, 0) is 74.6 Å². The van der Waals surface area contributed by atoms with Crippen LogP contribution in [0.3, 0.4) is 0 Å². The van der Waals surface area contributed by atoms with Crippen molar-refractivity contribution in [1.82, 2.24) is 4.90 Å². The van der Waals surface area contributed by atoms with Crippen LogP contribution in [-0.4, -0.2) is 96.4 Å². The average Bonchev–Trinajstić information content (AvgIpc) is 3.02. The molecule has 52 heavy (non-hydrogen) atoms. The molecule has 1 saturated carbocycles. The van der Waals surface area contributed by atoms with Crippen molar-refractivity contribution in [3.05, 3.63) is 58.7 Å². The van der Waals surface area contributed by atoms with Crippen LogP contribution in [0, 0.1) is 16.7 Å². The van der Waals surface area contributed by atoms with Crippen molar-refractivity contribution in [1.29, 1.82) is 0 Å². The normalized spacial score (nSPS) is 30.5. The van der Waals surface area contributed by atoms with Gasteiger partial charge in [0.2, 0.25) is 0 Å². The van der Waals surface area contributed by atoms with Gasteiger partial charge in [0.05, 0.1) is 11.5 Å². The predicted molar refractivity (Wildman–Crippen MR) is 186 cm³/mol. The summed E-state index contributed by atoms with van der Waals surface area (Å²) in [5.41, 5.74) is -0.616. The van der Waals surface area contributed by atoms with E-state index in [1.165, 1.54) is 27.7 Å². The number of ether oxygens (including phenoxy) is 5. The molecule has 0 spiro atoms. The van der Waals surface area contributed by atoms with Gasteiger partial charge in [-0.2, -0.15) is 0 Å². The van der Waals surface area contributed by atoms with Crippen molar-refractivity contribution < 1.29 is 57.6 Å². The van der Waals surface area contributed by atoms with E-state index in [1.54, 1.807) is 63.2 Å². The first-order chi connectivity index (χ1) is 24.2. The van der Waals surface area contributed by atoms with E-state index < -0.39 is 95.0 Å². The Balaban J connectivity index is 1.94. The third-order valence-corrected chi connectivity index (χ3v) is 10.7. The fraction of sp³-hybridized carbons (Fsp3) is 0.590. The van der Waals surface area contributed by atoms with E-state index in [4.69, 9.17) is 23.7 Å². The van der Waals surface area contributed by atoms with Crippen LogP contribution in [0.1, 0.15) is 86.3 Å². The molecular formula is C39H51NO12. The van der Waals surface area contributed by atoms with Crippen molar-refractivity contribution in [2.75, 3.05) is 14.1 Å². The molecule has 3 aliphatic rings. The van der Waals surface area contributed by atoms with Crippen LogP contribution in [-0.2, 0) is 52.5 Å². The number of hydrogen-bond donors (Lipinski definition) is 1. The van der Waals surface area contributed by atoms with Crippen LogP contribution in [0.4, 0.5) is 0 Å². The molecule has 1 aromatic rings. The number of esters is 5. The third-order valence-electron chi connectivity index (χ3n) is 10.7. The second-order valence-electron chi connectivity index (χ2n) is 15.0. The zero-order valence-corrected chi connectivity index (χ0v) is 31.6. The molecule has 0 unspecified atom stereocenters. The fourth-order valence-electron chi connectivity index (χ4n) is 8.28. The van der Waals surface area contributed by atoms with Gasteiger partial charge in [-0.1, -0.05) is 44.2 Å². The SMILES string of the molecule is CC(=O)O[C@H]1C(=O)[C@@]2(C)C/C(=C\[C@H](OC(C)=O)[C@@H]3C[C@H](OC(C)=O)C(C)=C1C3(C)C)[C@@H](OC(=O)[C@H](O)[C@H](c1ccccc1)N(C)C)C[C@@H]2OC(C)=O. The van der Waals surface area contributed by atoms with E-state index >= 15 is 4.79 Å². The second kappa shape index (κ2) is 15.7. The number of ketones is 1. The summed E-state index contributed by atoms with van der Waals surface area (Å²) in [7, 11) is 3.43. The van der Waals surface area contributed by atoms with Crippen molar-refractivity contribution in [2.24, 2.45) is 16.7 Å². The Hall–Kier alpha value is -4.36. The van der Waals surface area contributed by atoms with E-state index in [1.807, 2.05) is 19.9 Å². The molecule has 4 rings (SSSR count). The van der Waals surface area contributed by atoms with Gasteiger partial charge < -0.3 is 28.8 Å². The minimum atomic E-state index is -1.64. The molecule has 0 aromatic heterocycles. The molecule has 0 radical (unpaired) electrons. The van der Waals surface area contributed by atoms with Crippen LogP contribution in [0.2, 0.25) is 0 Å². The number of aliphatic hydroxyl groups excluding tert-OH is 1. The molecule has 4 bridgehead atoms. The van der Waals surface area contributed by atoms with Gasteiger partial charge in [-0.15, -0.1) is 0 Å². The third kappa shape index (κ3) is 8.31. The van der Waals surface area contributed by atoms with E-state index in [9.17, 15) is 29.1 Å². The number of fused-ring (bicyclic) bond motifs is 4. The average molecular weight is 726 g/mol. The Bertz CT molecular complexity index is 1640. The van der Waals surface area contributed by atoms with Crippen LogP contribution in [0.5, 0.6) is 0 Å². The number of carbonyl (C=O) groups excluding carboxylic acids is 6. The molecular weight excluding hydrogens is 674 g/mol. The van der Waals surface area contributed by atoms with E-state index in [0.717, 1.165) is 0 Å². The highest BCUT2D eigenvalue weighted by molar-refractivity contribution is 5.94. The standard InChI is InChI=1S/C39H51NO12/c1-20-28(48-21(2)41)17-27-30(49-22(3)42)16-26-19-39(8,36(46)35(51-24(5)44)32(20)38(27,6)7)31(50-23(4)43)18-29(26)52-37(47)34(45)33(40(9)10)25-14-12-11-13-15-25/h11-16,27-31,33-35,45H,17-19H2,1-10H3/b26-16+/t27-,28-,29-,30-,31-,33-,34+,35+,39-/m0/s1. The summed E-state index contributed by atoms with van der Waals surface area (Å²) in [5.74, 6) is -4.81. The summed E-state index contributed by atoms with van der Waals surface area (Å²) in [6.45, 7) is 11.8. The Kier molecular flexibility index (Phi) is 12.2. The van der Waals surface area contributed by atoms with Gasteiger partial charge in [-0.25, -0.2) is 4.79 Å². The summed E-state index contributed by atoms with van der Waals surface area (Å²) in [6, 6.07) is 8.17. The maximum atomic E-state index is 15.0. The first-order valence-corrected chi connectivity index (χ1v) is 17.4. The highest BCUT2D eigenvalue weighted by Gasteiger charge is 2.59. The lowest BCUT2D eigenvalue weighted by molar-refractivity contribution is -0.177. The predicted octanol–water partition coefficient (Wildman–Crippen LogP) is 3.96. The zero-order chi connectivity index (χ0) is 38.9. The van der Waals surface area contributed by atoms with Crippen LogP contribution < -0.4 is 0 Å². The maximum absolute atomic E-state index is 15.0. The summed E-state index contributed by atoms with van der Waals surface area (Å²) in [4.78, 5) is 80.8.